The van der Waals surface area contributed by atoms with E-state index in [1.54, 1.807) is 18.9 Å². The Labute approximate surface area is 176 Å². The molecule has 0 N–H and O–H groups in total. The number of methoxy groups -OCH3 is 2. The van der Waals surface area contributed by atoms with Gasteiger partial charge in [0.25, 0.3) is 5.91 Å². The van der Waals surface area contributed by atoms with E-state index in [1.807, 2.05) is 29.2 Å². The van der Waals surface area contributed by atoms with Crippen LogP contribution in [0.25, 0.3) is 11.3 Å². The summed E-state index contributed by atoms with van der Waals surface area (Å²) in [5, 5.41) is 4.72. The normalized spacial score (nSPS) is 18.0. The van der Waals surface area contributed by atoms with Crippen molar-refractivity contribution in [2.24, 2.45) is 0 Å². The van der Waals surface area contributed by atoms with Crippen LogP contribution in [0.1, 0.15) is 36.7 Å². The van der Waals surface area contributed by atoms with Gasteiger partial charge in [-0.3, -0.25) is 9.48 Å². The van der Waals surface area contributed by atoms with Crippen molar-refractivity contribution in [2.45, 2.75) is 38.5 Å². The minimum Gasteiger partial charge on any atom is -0.497 e. The number of hydrogen-bond acceptors (Lipinski definition) is 6. The summed E-state index contributed by atoms with van der Waals surface area (Å²) in [5.41, 5.74) is 2.13. The minimum absolute atomic E-state index is 0.0116. The van der Waals surface area contributed by atoms with Crippen LogP contribution in [0.15, 0.2) is 24.3 Å². The van der Waals surface area contributed by atoms with Crippen molar-refractivity contribution >= 4 is 5.91 Å². The molecule has 8 nitrogen and oxygen atoms in total. The molecule has 0 radical (unpaired) electrons. The average molecular weight is 415 g/mol. The predicted octanol–water partition coefficient (Wildman–Crippen LogP) is 2.96. The van der Waals surface area contributed by atoms with Crippen molar-refractivity contribution in [3.63, 3.8) is 0 Å². The summed E-state index contributed by atoms with van der Waals surface area (Å²) in [5.74, 6) is 0.855. The largest absolute Gasteiger partial charge is 0.497 e. The van der Waals surface area contributed by atoms with Crippen LogP contribution in [0.5, 0.6) is 11.5 Å². The Hall–Kier alpha value is -2.58. The van der Waals surface area contributed by atoms with E-state index in [4.69, 9.17) is 24.0 Å². The number of aromatic nitrogens is 2. The first-order chi connectivity index (χ1) is 14.6. The van der Waals surface area contributed by atoms with E-state index >= 15 is 0 Å². The topological polar surface area (TPSA) is 75.1 Å². The number of carbonyl (C=O) groups is 1. The van der Waals surface area contributed by atoms with E-state index in [9.17, 15) is 4.79 Å². The fourth-order valence-corrected chi connectivity index (χ4v) is 4.11. The van der Waals surface area contributed by atoms with Crippen molar-refractivity contribution < 1.29 is 23.7 Å². The highest BCUT2D eigenvalue weighted by Gasteiger charge is 2.41. The second kappa shape index (κ2) is 8.65. The van der Waals surface area contributed by atoms with Gasteiger partial charge in [-0.15, -0.1) is 0 Å². The zero-order valence-corrected chi connectivity index (χ0v) is 17.8. The quantitative estimate of drug-likeness (QED) is 0.722. The maximum absolute atomic E-state index is 13.3. The molecule has 3 heterocycles. The second-order valence-corrected chi connectivity index (χ2v) is 7.60. The van der Waals surface area contributed by atoms with E-state index in [0.717, 1.165) is 12.0 Å². The highest BCUT2D eigenvalue weighted by atomic mass is 16.7. The molecule has 0 aliphatic carbocycles. The van der Waals surface area contributed by atoms with Crippen molar-refractivity contribution in [1.82, 2.24) is 14.7 Å². The van der Waals surface area contributed by atoms with Gasteiger partial charge in [0.2, 0.25) is 0 Å². The van der Waals surface area contributed by atoms with Crippen LogP contribution in [-0.4, -0.2) is 66.9 Å². The number of aryl methyl sites for hydroxylation is 1. The summed E-state index contributed by atoms with van der Waals surface area (Å²) >= 11 is 0. The lowest BCUT2D eigenvalue weighted by molar-refractivity contribution is -0.181. The lowest BCUT2D eigenvalue weighted by atomic mass is 10.0. The van der Waals surface area contributed by atoms with Crippen LogP contribution >= 0.6 is 0 Å². The van der Waals surface area contributed by atoms with Crippen LogP contribution in [0.3, 0.4) is 0 Å². The number of carbonyl (C=O) groups excluding carboxylic acids is 1. The number of nitrogens with zero attached hydrogens (tertiary/aromatic N) is 3. The highest BCUT2D eigenvalue weighted by Crippen LogP contribution is 2.34. The van der Waals surface area contributed by atoms with Gasteiger partial charge in [0, 0.05) is 44.1 Å². The highest BCUT2D eigenvalue weighted by molar-refractivity contribution is 5.94. The maximum atomic E-state index is 13.3. The fourth-order valence-electron chi connectivity index (χ4n) is 4.11. The summed E-state index contributed by atoms with van der Waals surface area (Å²) < 4.78 is 24.2. The second-order valence-electron chi connectivity index (χ2n) is 7.60. The number of amides is 1. The first-order valence-corrected chi connectivity index (χ1v) is 10.5. The van der Waals surface area contributed by atoms with E-state index in [1.165, 1.54) is 0 Å². The molecule has 8 heteroatoms. The van der Waals surface area contributed by atoms with Gasteiger partial charge in [-0.1, -0.05) is 6.92 Å². The molecule has 162 valence electrons. The van der Waals surface area contributed by atoms with Crippen molar-refractivity contribution in [1.29, 1.82) is 0 Å². The molecular formula is C22H29N3O5. The molecule has 2 fully saturated rings. The third-order valence-corrected chi connectivity index (χ3v) is 5.75. The van der Waals surface area contributed by atoms with Crippen LogP contribution < -0.4 is 9.47 Å². The summed E-state index contributed by atoms with van der Waals surface area (Å²) in [6.07, 6.45) is 2.27. The Bertz CT molecular complexity index is 894. The molecule has 1 spiro atoms. The Morgan fingerprint density at radius 3 is 2.50 bits per heavy atom. The molecule has 30 heavy (non-hydrogen) atoms. The molecule has 1 amide bonds. The monoisotopic (exact) mass is 415 g/mol. The van der Waals surface area contributed by atoms with Crippen LogP contribution in [0.4, 0.5) is 0 Å². The Balaban J connectivity index is 1.59. The molecule has 2 aliphatic rings. The molecule has 1 aromatic carbocycles. The number of hydrogen-bond donors (Lipinski definition) is 0. The van der Waals surface area contributed by atoms with Gasteiger partial charge in [0.15, 0.2) is 5.79 Å². The van der Waals surface area contributed by atoms with Crippen molar-refractivity contribution in [3.05, 3.63) is 30.0 Å². The van der Waals surface area contributed by atoms with E-state index in [-0.39, 0.29) is 5.91 Å². The molecule has 2 aromatic rings. The van der Waals surface area contributed by atoms with Gasteiger partial charge in [0.1, 0.15) is 17.2 Å². The summed E-state index contributed by atoms with van der Waals surface area (Å²) in [4.78, 5) is 15.2. The van der Waals surface area contributed by atoms with Crippen molar-refractivity contribution in [2.75, 3.05) is 40.5 Å². The Morgan fingerprint density at radius 2 is 1.87 bits per heavy atom. The number of rotatable bonds is 6. The number of likely N-dealkylation sites (tertiary alicyclic amines) is 1. The molecule has 2 aliphatic heterocycles. The minimum atomic E-state index is -0.498. The number of benzene rings is 1. The lowest BCUT2D eigenvalue weighted by Gasteiger charge is -2.37. The average Bonchev–Trinajstić information content (AvgIpc) is 3.41. The molecule has 0 bridgehead atoms. The standard InChI is InChI=1S/C22H29N3O5/c1-4-9-25-19(21(26)24-10-7-22(8-11-24)29-12-13-30-22)15-18(23-25)17-6-5-16(27-2)14-20(17)28-3/h5-6,14-15H,4,7-13H2,1-3H3. The summed E-state index contributed by atoms with van der Waals surface area (Å²) in [6, 6.07) is 7.45. The Kier molecular flexibility index (Phi) is 5.97. The van der Waals surface area contributed by atoms with Crippen LogP contribution in [0.2, 0.25) is 0 Å². The summed E-state index contributed by atoms with van der Waals surface area (Å²) in [6.45, 7) is 5.22. The number of ether oxygens (including phenoxy) is 4. The molecule has 4 rings (SSSR count). The molecular weight excluding hydrogens is 386 g/mol. The maximum Gasteiger partial charge on any atom is 0.272 e. The third kappa shape index (κ3) is 3.89. The predicted molar refractivity (Wildman–Crippen MR) is 111 cm³/mol. The van der Waals surface area contributed by atoms with Gasteiger partial charge in [-0.25, -0.2) is 0 Å². The third-order valence-electron chi connectivity index (χ3n) is 5.75. The summed E-state index contributed by atoms with van der Waals surface area (Å²) in [7, 11) is 3.23. The number of piperidine rings is 1. The van der Waals surface area contributed by atoms with Gasteiger partial charge >= 0.3 is 0 Å². The zero-order chi connectivity index (χ0) is 21.1. The first kappa shape index (κ1) is 20.7. The molecule has 0 atom stereocenters. The molecule has 2 saturated heterocycles. The Morgan fingerprint density at radius 1 is 1.13 bits per heavy atom. The van der Waals surface area contributed by atoms with E-state index in [0.29, 0.717) is 68.6 Å². The van der Waals surface area contributed by atoms with Crippen LogP contribution in [0, 0.1) is 0 Å². The molecule has 0 unspecified atom stereocenters. The first-order valence-electron chi connectivity index (χ1n) is 10.5. The van der Waals surface area contributed by atoms with E-state index < -0.39 is 5.79 Å². The van der Waals surface area contributed by atoms with Crippen molar-refractivity contribution in [3.8, 4) is 22.8 Å². The van der Waals surface area contributed by atoms with Gasteiger partial charge in [-0.2, -0.15) is 5.10 Å². The molecule has 1 aromatic heterocycles. The lowest BCUT2D eigenvalue weighted by Crippen LogP contribution is -2.47. The molecule has 0 saturated carbocycles. The fraction of sp³-hybridized carbons (Fsp3) is 0.545. The van der Waals surface area contributed by atoms with Crippen LogP contribution in [-0.2, 0) is 16.0 Å². The zero-order valence-electron chi connectivity index (χ0n) is 17.8. The van der Waals surface area contributed by atoms with Gasteiger partial charge in [0.05, 0.1) is 33.1 Å². The van der Waals surface area contributed by atoms with E-state index in [2.05, 4.69) is 6.92 Å². The smallest absolute Gasteiger partial charge is 0.272 e. The van der Waals surface area contributed by atoms with Gasteiger partial charge < -0.3 is 23.8 Å². The van der Waals surface area contributed by atoms with Gasteiger partial charge in [-0.05, 0) is 24.6 Å². The SMILES string of the molecule is CCCn1nc(-c2ccc(OC)cc2OC)cc1C(=O)N1CCC2(CC1)OCCO2.